The molecule has 0 unspecified atom stereocenters. The van der Waals surface area contributed by atoms with E-state index >= 15 is 0 Å². The fraction of sp³-hybridized carbons (Fsp3) is 0.857. The molecule has 4 heteroatoms. The van der Waals surface area contributed by atoms with Crippen LogP contribution in [0.4, 0.5) is 0 Å². The molecule has 1 heterocycles. The van der Waals surface area contributed by atoms with Crippen molar-refractivity contribution in [3.8, 4) is 0 Å². The van der Waals surface area contributed by atoms with Crippen molar-refractivity contribution in [2.75, 3.05) is 13.1 Å². The third kappa shape index (κ3) is 1.35. The van der Waals surface area contributed by atoms with Crippen molar-refractivity contribution in [2.45, 2.75) is 6.42 Å². The Balaban J connectivity index is 0.000000605. The molecule has 0 bridgehead atoms. The number of piperidine rings is 1. The first kappa shape index (κ1) is 8.81. The van der Waals surface area contributed by atoms with E-state index in [-0.39, 0.29) is 18.3 Å². The average Bonchev–Trinajstić information content (AvgIpc) is 2.60. The van der Waals surface area contributed by atoms with Gasteiger partial charge in [-0.1, -0.05) is 0 Å². The minimum Gasteiger partial charge on any atom is -0.481 e. The second-order valence-electron chi connectivity index (χ2n) is 3.18. The van der Waals surface area contributed by atoms with Crippen molar-refractivity contribution < 1.29 is 9.90 Å². The van der Waals surface area contributed by atoms with Crippen LogP contribution >= 0.6 is 12.4 Å². The van der Waals surface area contributed by atoms with E-state index in [9.17, 15) is 4.79 Å². The summed E-state index contributed by atoms with van der Waals surface area (Å²) >= 11 is 0. The Labute approximate surface area is 71.6 Å². The molecule has 3 atom stereocenters. The van der Waals surface area contributed by atoms with E-state index < -0.39 is 5.97 Å². The molecule has 11 heavy (non-hydrogen) atoms. The predicted molar refractivity (Wildman–Crippen MR) is 42.8 cm³/mol. The van der Waals surface area contributed by atoms with Gasteiger partial charge in [0.1, 0.15) is 0 Å². The van der Waals surface area contributed by atoms with Crippen LogP contribution in [0.5, 0.6) is 0 Å². The molecule has 2 rings (SSSR count). The summed E-state index contributed by atoms with van der Waals surface area (Å²) in [5.74, 6) is 0.332. The summed E-state index contributed by atoms with van der Waals surface area (Å²) < 4.78 is 0. The maximum atomic E-state index is 10.5. The van der Waals surface area contributed by atoms with Crippen molar-refractivity contribution in [1.82, 2.24) is 5.32 Å². The molecule has 64 valence electrons. The molecule has 0 aromatic heterocycles. The Bertz CT molecular complexity index is 162. The fourth-order valence-electron chi connectivity index (χ4n) is 2.02. The molecule has 1 aliphatic carbocycles. The SMILES string of the molecule is Cl.O=C(O)[C@@H]1[C@@H]2CCNC[C@@H]21. The molecule has 0 spiro atoms. The third-order valence-corrected chi connectivity index (χ3v) is 2.65. The third-order valence-electron chi connectivity index (χ3n) is 2.65. The van der Waals surface area contributed by atoms with Gasteiger partial charge in [0, 0.05) is 0 Å². The van der Waals surface area contributed by atoms with Crippen LogP contribution in [0, 0.1) is 17.8 Å². The van der Waals surface area contributed by atoms with E-state index in [2.05, 4.69) is 5.32 Å². The number of carboxylic acid groups (broad SMARTS) is 1. The molecule has 0 radical (unpaired) electrons. The Kier molecular flexibility index (Phi) is 2.40. The van der Waals surface area contributed by atoms with Crippen LogP contribution in [0.1, 0.15) is 6.42 Å². The molecule has 3 nitrogen and oxygen atoms in total. The monoisotopic (exact) mass is 177 g/mol. The van der Waals surface area contributed by atoms with Crippen LogP contribution in [0.3, 0.4) is 0 Å². The lowest BCUT2D eigenvalue weighted by atomic mass is 10.2. The fourth-order valence-corrected chi connectivity index (χ4v) is 2.02. The molecule has 0 aromatic carbocycles. The molecule has 2 aliphatic rings. The lowest BCUT2D eigenvalue weighted by Gasteiger charge is -2.07. The van der Waals surface area contributed by atoms with Crippen LogP contribution in [-0.2, 0) is 4.79 Å². The van der Waals surface area contributed by atoms with Gasteiger partial charge in [0.2, 0.25) is 0 Å². The van der Waals surface area contributed by atoms with Crippen molar-refractivity contribution in [1.29, 1.82) is 0 Å². The van der Waals surface area contributed by atoms with Gasteiger partial charge in [0.15, 0.2) is 0 Å². The number of hydrogen-bond donors (Lipinski definition) is 2. The van der Waals surface area contributed by atoms with Crippen molar-refractivity contribution in [2.24, 2.45) is 17.8 Å². The largest absolute Gasteiger partial charge is 0.481 e. The molecule has 2 fully saturated rings. The summed E-state index contributed by atoms with van der Waals surface area (Å²) in [6, 6.07) is 0. The first-order valence-corrected chi connectivity index (χ1v) is 3.74. The number of carboxylic acids is 1. The van der Waals surface area contributed by atoms with E-state index in [4.69, 9.17) is 5.11 Å². The molecule has 0 aromatic rings. The first-order valence-electron chi connectivity index (χ1n) is 3.74. The number of carbonyl (C=O) groups is 1. The summed E-state index contributed by atoms with van der Waals surface area (Å²) in [7, 11) is 0. The van der Waals surface area contributed by atoms with Gasteiger partial charge in [0.05, 0.1) is 5.92 Å². The molecule has 2 N–H and O–H groups in total. The highest BCUT2D eigenvalue weighted by Gasteiger charge is 2.55. The highest BCUT2D eigenvalue weighted by Crippen LogP contribution is 2.49. The number of rotatable bonds is 1. The number of fused-ring (bicyclic) bond motifs is 1. The Morgan fingerprint density at radius 3 is 2.64 bits per heavy atom. The zero-order valence-corrected chi connectivity index (χ0v) is 6.93. The number of nitrogens with one attached hydrogen (secondary N) is 1. The second-order valence-corrected chi connectivity index (χ2v) is 3.18. The summed E-state index contributed by atoms with van der Waals surface area (Å²) in [5, 5.41) is 11.9. The molecule has 1 saturated carbocycles. The maximum absolute atomic E-state index is 10.5. The van der Waals surface area contributed by atoms with E-state index in [1.54, 1.807) is 0 Å². The molecular formula is C7H12ClNO2. The quantitative estimate of drug-likeness (QED) is 0.608. The summed E-state index contributed by atoms with van der Waals surface area (Å²) in [6.45, 7) is 1.92. The Morgan fingerprint density at radius 1 is 1.45 bits per heavy atom. The minimum absolute atomic E-state index is 0. The highest BCUT2D eigenvalue weighted by molar-refractivity contribution is 5.85. The van der Waals surface area contributed by atoms with Gasteiger partial charge in [-0.25, -0.2) is 0 Å². The summed E-state index contributed by atoms with van der Waals surface area (Å²) in [6.07, 6.45) is 1.06. The summed E-state index contributed by atoms with van der Waals surface area (Å²) in [5.41, 5.74) is 0. The number of aliphatic carboxylic acids is 1. The summed E-state index contributed by atoms with van der Waals surface area (Å²) in [4.78, 5) is 10.5. The zero-order valence-electron chi connectivity index (χ0n) is 6.12. The number of hydrogen-bond acceptors (Lipinski definition) is 2. The van der Waals surface area contributed by atoms with E-state index in [0.29, 0.717) is 11.8 Å². The maximum Gasteiger partial charge on any atom is 0.307 e. The smallest absolute Gasteiger partial charge is 0.307 e. The van der Waals surface area contributed by atoms with Crippen molar-refractivity contribution in [3.63, 3.8) is 0 Å². The lowest BCUT2D eigenvalue weighted by molar-refractivity contribution is -0.139. The van der Waals surface area contributed by atoms with Crippen LogP contribution < -0.4 is 5.32 Å². The van der Waals surface area contributed by atoms with Crippen LogP contribution in [-0.4, -0.2) is 24.2 Å². The Morgan fingerprint density at radius 2 is 2.18 bits per heavy atom. The van der Waals surface area contributed by atoms with Gasteiger partial charge in [0.25, 0.3) is 0 Å². The zero-order chi connectivity index (χ0) is 7.14. The van der Waals surface area contributed by atoms with E-state index in [1.165, 1.54) is 0 Å². The molecule has 1 saturated heterocycles. The van der Waals surface area contributed by atoms with Crippen LogP contribution in [0.2, 0.25) is 0 Å². The number of halogens is 1. The van der Waals surface area contributed by atoms with Gasteiger partial charge in [-0.05, 0) is 31.3 Å². The lowest BCUT2D eigenvalue weighted by Crippen LogP contribution is -2.23. The van der Waals surface area contributed by atoms with Crippen LogP contribution in [0.25, 0.3) is 0 Å². The van der Waals surface area contributed by atoms with Gasteiger partial charge in [-0.15, -0.1) is 12.4 Å². The topological polar surface area (TPSA) is 49.3 Å². The predicted octanol–water partition coefficient (Wildman–Crippen LogP) is 0.348. The molecule has 1 aliphatic heterocycles. The van der Waals surface area contributed by atoms with Crippen molar-refractivity contribution >= 4 is 18.4 Å². The van der Waals surface area contributed by atoms with Gasteiger partial charge >= 0.3 is 5.97 Å². The van der Waals surface area contributed by atoms with E-state index in [0.717, 1.165) is 19.5 Å². The molecular weight excluding hydrogens is 166 g/mol. The first-order chi connectivity index (χ1) is 4.80. The Hall–Kier alpha value is -0.280. The van der Waals surface area contributed by atoms with Gasteiger partial charge < -0.3 is 10.4 Å². The van der Waals surface area contributed by atoms with Crippen LogP contribution in [0.15, 0.2) is 0 Å². The van der Waals surface area contributed by atoms with Gasteiger partial charge in [-0.3, -0.25) is 4.79 Å². The van der Waals surface area contributed by atoms with Gasteiger partial charge in [-0.2, -0.15) is 0 Å². The second kappa shape index (κ2) is 2.99. The highest BCUT2D eigenvalue weighted by atomic mass is 35.5. The van der Waals surface area contributed by atoms with E-state index in [1.807, 2.05) is 0 Å². The van der Waals surface area contributed by atoms with Crippen molar-refractivity contribution in [3.05, 3.63) is 0 Å². The standard InChI is InChI=1S/C7H11NO2.ClH/c9-7(10)6-4-1-2-8-3-5(4)6;/h4-6,8H,1-3H2,(H,9,10);1H/t4-,5+,6-;/m1./s1. The minimum atomic E-state index is -0.598. The normalized spacial score (nSPS) is 40.2. The molecule has 0 amide bonds. The average molecular weight is 178 g/mol.